The minimum Gasteiger partial charge on any atom is -0.481 e. The fourth-order valence-electron chi connectivity index (χ4n) is 2.77. The molecule has 0 aromatic carbocycles. The number of guanidine groups is 1. The molecule has 1 amide bonds. The van der Waals surface area contributed by atoms with Crippen LogP contribution in [0.4, 0.5) is 0 Å². The van der Waals surface area contributed by atoms with E-state index in [0.717, 1.165) is 12.8 Å². The molecule has 11 nitrogen and oxygen atoms in total. The molecule has 1 atom stereocenters. The van der Waals surface area contributed by atoms with Crippen LogP contribution in [-0.2, 0) is 9.59 Å². The number of hydrazine groups is 1. The minimum absolute atomic E-state index is 0.128. The summed E-state index contributed by atoms with van der Waals surface area (Å²) in [4.78, 5) is 38.5. The molecule has 0 bridgehead atoms. The number of rotatable bonds is 9. The molecular formula is C14H26N6O5. The van der Waals surface area contributed by atoms with Crippen molar-refractivity contribution < 1.29 is 19.7 Å². The zero-order chi connectivity index (χ0) is 18.8. The lowest BCUT2D eigenvalue weighted by Crippen LogP contribution is -2.47. The molecule has 0 aromatic heterocycles. The number of carbonyl (C=O) groups is 2. The first-order valence-electron chi connectivity index (χ1n) is 8.26. The molecule has 0 aliphatic carbocycles. The molecule has 1 heterocycles. The second kappa shape index (κ2) is 10.4. The summed E-state index contributed by atoms with van der Waals surface area (Å²) in [5, 5.41) is 18.1. The van der Waals surface area contributed by atoms with Gasteiger partial charge >= 0.3 is 5.97 Å². The maximum absolute atomic E-state index is 12.3. The van der Waals surface area contributed by atoms with Crippen LogP contribution in [0.15, 0.2) is 4.99 Å². The van der Waals surface area contributed by atoms with Crippen LogP contribution < -0.4 is 16.9 Å². The second-order valence-electron chi connectivity index (χ2n) is 6.09. The van der Waals surface area contributed by atoms with Gasteiger partial charge in [-0.05, 0) is 38.0 Å². The van der Waals surface area contributed by atoms with Crippen LogP contribution >= 0.6 is 0 Å². The van der Waals surface area contributed by atoms with Crippen molar-refractivity contribution in [3.05, 3.63) is 10.1 Å². The average molecular weight is 358 g/mol. The monoisotopic (exact) mass is 358 g/mol. The largest absolute Gasteiger partial charge is 0.481 e. The van der Waals surface area contributed by atoms with Gasteiger partial charge in [0.15, 0.2) is 5.03 Å². The number of carbonyl (C=O) groups excluding carboxylic acids is 1. The van der Waals surface area contributed by atoms with E-state index in [9.17, 15) is 19.7 Å². The van der Waals surface area contributed by atoms with E-state index in [1.54, 1.807) is 10.3 Å². The van der Waals surface area contributed by atoms with Gasteiger partial charge in [0.1, 0.15) is 0 Å². The van der Waals surface area contributed by atoms with E-state index in [-0.39, 0.29) is 24.8 Å². The Balaban J connectivity index is 2.26. The first kappa shape index (κ1) is 20.6. The Bertz CT molecular complexity index is 504. The van der Waals surface area contributed by atoms with Crippen molar-refractivity contribution in [2.24, 2.45) is 22.4 Å². The summed E-state index contributed by atoms with van der Waals surface area (Å²) in [6.45, 7) is 1.42. The number of aliphatic carboxylic acids is 1. The lowest BCUT2D eigenvalue weighted by Gasteiger charge is -2.33. The summed E-state index contributed by atoms with van der Waals surface area (Å²) in [5.74, 6) is -0.870. The Hall–Kier alpha value is -2.43. The topological polar surface area (TPSA) is 177 Å². The quantitative estimate of drug-likeness (QED) is 0.137. The number of nitrogens with one attached hydrogen (secondary N) is 1. The van der Waals surface area contributed by atoms with Gasteiger partial charge in [-0.25, -0.2) is 15.1 Å². The van der Waals surface area contributed by atoms with Crippen LogP contribution in [0.1, 0.15) is 38.5 Å². The Labute approximate surface area is 145 Å². The lowest BCUT2D eigenvalue weighted by atomic mass is 9.92. The summed E-state index contributed by atoms with van der Waals surface area (Å²) < 4.78 is 0. The number of nitrogens with two attached hydrogens (primary N) is 2. The van der Waals surface area contributed by atoms with E-state index >= 15 is 0 Å². The van der Waals surface area contributed by atoms with Crippen molar-refractivity contribution >= 4 is 17.8 Å². The third kappa shape index (κ3) is 8.29. The summed E-state index contributed by atoms with van der Waals surface area (Å²) in [6, 6.07) is -0.643. The van der Waals surface area contributed by atoms with Gasteiger partial charge in [-0.3, -0.25) is 9.59 Å². The van der Waals surface area contributed by atoms with Crippen LogP contribution in [-0.4, -0.2) is 58.6 Å². The molecule has 25 heavy (non-hydrogen) atoms. The number of likely N-dealkylation sites (tertiary alicyclic amines) is 1. The number of hydrogen-bond donors (Lipinski definition) is 4. The van der Waals surface area contributed by atoms with Gasteiger partial charge in [0.05, 0.1) is 6.04 Å². The zero-order valence-corrected chi connectivity index (χ0v) is 14.1. The number of hydrogen-bond acceptors (Lipinski definition) is 6. The highest BCUT2D eigenvalue weighted by molar-refractivity contribution is 5.81. The van der Waals surface area contributed by atoms with Gasteiger partial charge in [0.2, 0.25) is 5.91 Å². The number of carboxylic acid groups (broad SMARTS) is 1. The zero-order valence-electron chi connectivity index (χ0n) is 14.1. The fraction of sp³-hybridized carbons (Fsp3) is 0.786. The first-order valence-corrected chi connectivity index (χ1v) is 8.26. The van der Waals surface area contributed by atoms with Crippen LogP contribution in [0.3, 0.4) is 0 Å². The van der Waals surface area contributed by atoms with Gasteiger partial charge in [0.25, 0.3) is 5.96 Å². The fourth-order valence-corrected chi connectivity index (χ4v) is 2.77. The van der Waals surface area contributed by atoms with Gasteiger partial charge in [-0.1, -0.05) is 5.43 Å². The minimum atomic E-state index is -0.797. The molecule has 1 rings (SSSR count). The smallest absolute Gasteiger partial charge is 0.303 e. The number of nitro groups is 1. The summed E-state index contributed by atoms with van der Waals surface area (Å²) in [5.41, 5.74) is 12.9. The third-order valence-electron chi connectivity index (χ3n) is 4.17. The molecule has 1 aliphatic rings. The van der Waals surface area contributed by atoms with Crippen molar-refractivity contribution in [2.75, 3.05) is 19.6 Å². The lowest BCUT2D eigenvalue weighted by molar-refractivity contribution is -0.525. The van der Waals surface area contributed by atoms with Gasteiger partial charge in [0, 0.05) is 26.1 Å². The summed E-state index contributed by atoms with van der Waals surface area (Å²) in [6.07, 6.45) is 3.28. The van der Waals surface area contributed by atoms with E-state index in [2.05, 4.69) is 4.99 Å². The SMILES string of the molecule is NC(=NCCC[C@H](N)C(=O)N1CCC(CCC(=O)O)CC1)N[N+](=O)[O-]. The van der Waals surface area contributed by atoms with Gasteiger partial charge < -0.3 is 21.5 Å². The second-order valence-corrected chi connectivity index (χ2v) is 6.09. The Morgan fingerprint density at radius 1 is 1.40 bits per heavy atom. The van der Waals surface area contributed by atoms with Crippen LogP contribution in [0, 0.1) is 16.0 Å². The molecule has 0 aromatic rings. The predicted molar refractivity (Wildman–Crippen MR) is 90.0 cm³/mol. The Morgan fingerprint density at radius 3 is 2.60 bits per heavy atom. The highest BCUT2D eigenvalue weighted by Crippen LogP contribution is 2.22. The number of piperidine rings is 1. The molecule has 142 valence electrons. The molecule has 0 radical (unpaired) electrons. The van der Waals surface area contributed by atoms with E-state index in [1.807, 2.05) is 0 Å². The predicted octanol–water partition coefficient (Wildman–Crippen LogP) is -0.707. The molecule has 0 unspecified atom stereocenters. The van der Waals surface area contributed by atoms with Crippen LogP contribution in [0.5, 0.6) is 0 Å². The van der Waals surface area contributed by atoms with Crippen molar-refractivity contribution in [2.45, 2.75) is 44.6 Å². The van der Waals surface area contributed by atoms with Crippen molar-refractivity contribution in [1.29, 1.82) is 0 Å². The van der Waals surface area contributed by atoms with E-state index in [4.69, 9.17) is 16.6 Å². The van der Waals surface area contributed by atoms with E-state index in [1.165, 1.54) is 0 Å². The van der Waals surface area contributed by atoms with Crippen LogP contribution in [0.2, 0.25) is 0 Å². The number of nitrogens with zero attached hydrogens (tertiary/aromatic N) is 3. The van der Waals surface area contributed by atoms with Crippen molar-refractivity contribution in [3.63, 3.8) is 0 Å². The van der Waals surface area contributed by atoms with E-state index in [0.29, 0.717) is 38.3 Å². The molecular weight excluding hydrogens is 332 g/mol. The molecule has 0 spiro atoms. The summed E-state index contributed by atoms with van der Waals surface area (Å²) in [7, 11) is 0. The molecule has 0 saturated carbocycles. The van der Waals surface area contributed by atoms with Gasteiger partial charge in [-0.2, -0.15) is 0 Å². The Kier molecular flexibility index (Phi) is 8.61. The van der Waals surface area contributed by atoms with Crippen LogP contribution in [0.25, 0.3) is 0 Å². The average Bonchev–Trinajstić information content (AvgIpc) is 2.55. The number of aliphatic imine (C=N–C) groups is 1. The van der Waals surface area contributed by atoms with Crippen molar-refractivity contribution in [1.82, 2.24) is 10.3 Å². The highest BCUT2D eigenvalue weighted by Gasteiger charge is 2.26. The first-order chi connectivity index (χ1) is 11.8. The van der Waals surface area contributed by atoms with Crippen molar-refractivity contribution in [3.8, 4) is 0 Å². The van der Waals surface area contributed by atoms with Gasteiger partial charge in [-0.15, -0.1) is 0 Å². The maximum atomic E-state index is 12.3. The number of carboxylic acids is 1. The normalized spacial score (nSPS) is 17.2. The molecule has 11 heteroatoms. The molecule has 1 saturated heterocycles. The maximum Gasteiger partial charge on any atom is 0.303 e. The third-order valence-corrected chi connectivity index (χ3v) is 4.17. The standard InChI is InChI=1S/C14H26N6O5/c15-11(2-1-7-17-14(16)18-20(24)25)13(23)19-8-5-10(6-9-19)3-4-12(21)22/h10-11H,1-9,15H2,(H,21,22)(H3,16,17,18)/t11-/m0/s1. The summed E-state index contributed by atoms with van der Waals surface area (Å²) >= 11 is 0. The van der Waals surface area contributed by atoms with E-state index < -0.39 is 17.0 Å². The Morgan fingerprint density at radius 2 is 2.04 bits per heavy atom. The highest BCUT2D eigenvalue weighted by atomic mass is 16.7. The molecule has 6 N–H and O–H groups in total. The number of amides is 1. The molecule has 1 fully saturated rings. The molecule has 1 aliphatic heterocycles.